The summed E-state index contributed by atoms with van der Waals surface area (Å²) in [5, 5.41) is 4.27. The van der Waals surface area contributed by atoms with Gasteiger partial charge in [0.1, 0.15) is 11.5 Å². The lowest BCUT2D eigenvalue weighted by Gasteiger charge is -2.28. The van der Waals surface area contributed by atoms with Crippen LogP contribution in [-0.2, 0) is 0 Å². The van der Waals surface area contributed by atoms with Crippen LogP contribution in [0.1, 0.15) is 51.4 Å². The largest absolute Gasteiger partial charge is 0.457 e. The van der Waals surface area contributed by atoms with Crippen LogP contribution in [-0.4, -0.2) is 14.7 Å². The van der Waals surface area contributed by atoms with Gasteiger partial charge in [-0.05, 0) is 124 Å². The molecular formula is C35H34N4OS. The minimum atomic E-state index is -0.111. The second kappa shape index (κ2) is 10.9. The maximum atomic E-state index is 6.11. The SMILES string of the molecule is Cc1ccc(Oc2ccc(N3C(=S)N[C@@H](c4ccccn4)[C@H]3c3cc(C)n(-c4cccc(C)c4C)c3C)cc2)cc1. The number of anilines is 1. The Kier molecular flexibility index (Phi) is 7.10. The number of nitrogens with zero attached hydrogens (tertiary/aromatic N) is 3. The Balaban J connectivity index is 1.42. The summed E-state index contributed by atoms with van der Waals surface area (Å²) < 4.78 is 8.47. The van der Waals surface area contributed by atoms with Crippen LogP contribution < -0.4 is 15.0 Å². The second-order valence-electron chi connectivity index (χ2n) is 10.8. The number of benzene rings is 3. The van der Waals surface area contributed by atoms with Gasteiger partial charge in [-0.25, -0.2) is 0 Å². The standard InChI is InChI=1S/C35H34N4OS/c1-22-12-16-28(17-13-22)40-29-18-14-27(15-19-29)39-34(33(37-35(39)41)31-10-6-7-20-36-31)30-21-24(3)38(26(30)5)32-11-8-9-23(2)25(32)4/h6-21,33-34H,1-5H3,(H,37,41)/t33-,34+/m0/s1. The highest BCUT2D eigenvalue weighted by Crippen LogP contribution is 2.44. The summed E-state index contributed by atoms with van der Waals surface area (Å²) in [6, 6.07) is 30.9. The molecule has 5 aromatic rings. The van der Waals surface area contributed by atoms with Gasteiger partial charge >= 0.3 is 0 Å². The van der Waals surface area contributed by atoms with E-state index in [2.05, 4.69) is 104 Å². The van der Waals surface area contributed by atoms with Gasteiger partial charge in [0.15, 0.2) is 5.11 Å². The molecule has 1 aliphatic heterocycles. The molecule has 41 heavy (non-hydrogen) atoms. The highest BCUT2D eigenvalue weighted by Gasteiger charge is 2.42. The van der Waals surface area contributed by atoms with Crippen molar-refractivity contribution in [3.05, 3.63) is 137 Å². The summed E-state index contributed by atoms with van der Waals surface area (Å²) in [6.45, 7) is 10.8. The number of aryl methyl sites for hydroxylation is 3. The van der Waals surface area contributed by atoms with Crippen molar-refractivity contribution in [1.29, 1.82) is 0 Å². The quantitative estimate of drug-likeness (QED) is 0.212. The third kappa shape index (κ3) is 5.00. The van der Waals surface area contributed by atoms with Crippen molar-refractivity contribution in [2.75, 3.05) is 4.90 Å². The van der Waals surface area contributed by atoms with Gasteiger partial charge in [0.25, 0.3) is 0 Å². The molecule has 6 rings (SSSR count). The Morgan fingerprint density at radius 2 is 1.51 bits per heavy atom. The monoisotopic (exact) mass is 558 g/mol. The topological polar surface area (TPSA) is 42.3 Å². The lowest BCUT2D eigenvalue weighted by Crippen LogP contribution is -2.29. The summed E-state index contributed by atoms with van der Waals surface area (Å²) in [6.07, 6.45) is 1.84. The number of ether oxygens (including phenoxy) is 1. The lowest BCUT2D eigenvalue weighted by atomic mass is 9.96. The molecule has 0 aliphatic carbocycles. The fourth-order valence-corrected chi connectivity index (χ4v) is 6.15. The van der Waals surface area contributed by atoms with E-state index in [9.17, 15) is 0 Å². The van der Waals surface area contributed by atoms with Crippen LogP contribution in [0.15, 0.2) is 97.2 Å². The van der Waals surface area contributed by atoms with Crippen LogP contribution in [0.5, 0.6) is 11.5 Å². The summed E-state index contributed by atoms with van der Waals surface area (Å²) in [7, 11) is 0. The number of pyridine rings is 1. The molecule has 0 radical (unpaired) electrons. The van der Waals surface area contributed by atoms with Crippen molar-refractivity contribution in [1.82, 2.24) is 14.9 Å². The minimum Gasteiger partial charge on any atom is -0.457 e. The van der Waals surface area contributed by atoms with E-state index in [0.717, 1.165) is 22.9 Å². The fourth-order valence-electron chi connectivity index (χ4n) is 5.80. The minimum absolute atomic E-state index is 0.0914. The maximum Gasteiger partial charge on any atom is 0.174 e. The molecule has 0 unspecified atom stereocenters. The number of hydrogen-bond acceptors (Lipinski definition) is 3. The van der Waals surface area contributed by atoms with Crippen molar-refractivity contribution in [2.24, 2.45) is 0 Å². The van der Waals surface area contributed by atoms with Crippen LogP contribution >= 0.6 is 12.2 Å². The van der Waals surface area contributed by atoms with Crippen LogP contribution in [0, 0.1) is 34.6 Å². The molecule has 206 valence electrons. The van der Waals surface area contributed by atoms with E-state index in [4.69, 9.17) is 21.9 Å². The Morgan fingerprint density at radius 3 is 2.20 bits per heavy atom. The molecule has 0 amide bonds. The Hall–Kier alpha value is -4.42. The molecule has 0 bridgehead atoms. The first-order valence-electron chi connectivity index (χ1n) is 13.9. The third-order valence-corrected chi connectivity index (χ3v) is 8.39. The van der Waals surface area contributed by atoms with E-state index in [-0.39, 0.29) is 12.1 Å². The summed E-state index contributed by atoms with van der Waals surface area (Å²) >= 11 is 5.99. The van der Waals surface area contributed by atoms with Crippen LogP contribution in [0.3, 0.4) is 0 Å². The van der Waals surface area contributed by atoms with Crippen molar-refractivity contribution in [3.8, 4) is 17.2 Å². The molecule has 2 atom stereocenters. The first-order valence-corrected chi connectivity index (χ1v) is 14.3. The zero-order valence-corrected chi connectivity index (χ0v) is 24.9. The lowest BCUT2D eigenvalue weighted by molar-refractivity contribution is 0.482. The molecule has 1 aliphatic rings. The Morgan fingerprint density at radius 1 is 0.805 bits per heavy atom. The fraction of sp³-hybridized carbons (Fsp3) is 0.200. The average molecular weight is 559 g/mol. The number of nitrogens with one attached hydrogen (secondary N) is 1. The first-order chi connectivity index (χ1) is 19.8. The molecule has 3 aromatic carbocycles. The summed E-state index contributed by atoms with van der Waals surface area (Å²) in [4.78, 5) is 6.96. The molecule has 3 heterocycles. The summed E-state index contributed by atoms with van der Waals surface area (Å²) in [5.41, 5.74) is 10.5. The zero-order valence-electron chi connectivity index (χ0n) is 24.1. The van der Waals surface area contributed by atoms with Gasteiger partial charge in [-0.2, -0.15) is 0 Å². The van der Waals surface area contributed by atoms with Crippen molar-refractivity contribution in [2.45, 2.75) is 46.7 Å². The van der Waals surface area contributed by atoms with Gasteiger partial charge < -0.3 is 19.5 Å². The first kappa shape index (κ1) is 26.8. The Labute approximate surface area is 247 Å². The van der Waals surface area contributed by atoms with E-state index >= 15 is 0 Å². The number of thiocarbonyl (C=S) groups is 1. The van der Waals surface area contributed by atoms with Crippen LogP contribution in [0.25, 0.3) is 5.69 Å². The molecule has 2 aromatic heterocycles. The van der Waals surface area contributed by atoms with Gasteiger partial charge in [0.2, 0.25) is 0 Å². The second-order valence-corrected chi connectivity index (χ2v) is 11.2. The van der Waals surface area contributed by atoms with Gasteiger partial charge in [-0.3, -0.25) is 4.98 Å². The van der Waals surface area contributed by atoms with E-state index < -0.39 is 0 Å². The molecular weight excluding hydrogens is 524 g/mol. The van der Waals surface area contributed by atoms with E-state index in [1.807, 2.05) is 42.6 Å². The maximum absolute atomic E-state index is 6.11. The normalized spacial score (nSPS) is 16.6. The molecule has 1 N–H and O–H groups in total. The summed E-state index contributed by atoms with van der Waals surface area (Å²) in [5.74, 6) is 1.59. The van der Waals surface area contributed by atoms with E-state index in [1.165, 1.54) is 39.3 Å². The molecule has 5 nitrogen and oxygen atoms in total. The molecule has 0 saturated carbocycles. The van der Waals surface area contributed by atoms with E-state index in [1.54, 1.807) is 0 Å². The van der Waals surface area contributed by atoms with Crippen molar-refractivity contribution < 1.29 is 4.74 Å². The van der Waals surface area contributed by atoms with E-state index in [0.29, 0.717) is 5.11 Å². The van der Waals surface area contributed by atoms with Crippen LogP contribution in [0.4, 0.5) is 5.69 Å². The number of hydrogen-bond donors (Lipinski definition) is 1. The smallest absolute Gasteiger partial charge is 0.174 e. The van der Waals surface area contributed by atoms with Gasteiger partial charge in [-0.1, -0.05) is 35.9 Å². The molecule has 1 fully saturated rings. The number of rotatable bonds is 6. The highest BCUT2D eigenvalue weighted by atomic mass is 32.1. The highest BCUT2D eigenvalue weighted by molar-refractivity contribution is 7.80. The van der Waals surface area contributed by atoms with Crippen molar-refractivity contribution >= 4 is 23.0 Å². The number of aromatic nitrogens is 2. The Bertz CT molecular complexity index is 1710. The molecule has 6 heteroatoms. The average Bonchev–Trinajstić information content (AvgIpc) is 3.47. The molecule has 1 saturated heterocycles. The third-order valence-electron chi connectivity index (χ3n) is 8.08. The predicted molar refractivity (Wildman–Crippen MR) is 170 cm³/mol. The van der Waals surface area contributed by atoms with Gasteiger partial charge in [0, 0.05) is 29.0 Å². The van der Waals surface area contributed by atoms with Gasteiger partial charge in [0.05, 0.1) is 17.8 Å². The van der Waals surface area contributed by atoms with Crippen LogP contribution in [0.2, 0.25) is 0 Å². The predicted octanol–water partition coefficient (Wildman–Crippen LogP) is 8.38. The van der Waals surface area contributed by atoms with Crippen molar-refractivity contribution in [3.63, 3.8) is 0 Å². The van der Waals surface area contributed by atoms with Gasteiger partial charge in [-0.15, -0.1) is 0 Å². The zero-order chi connectivity index (χ0) is 28.7. The molecule has 0 spiro atoms.